The van der Waals surface area contributed by atoms with Crippen molar-refractivity contribution < 1.29 is 27.1 Å². The molecule has 0 radical (unpaired) electrons. The van der Waals surface area contributed by atoms with Crippen LogP contribution in [0.25, 0.3) is 0 Å². The van der Waals surface area contributed by atoms with E-state index in [0.717, 1.165) is 0 Å². The van der Waals surface area contributed by atoms with E-state index in [-0.39, 0.29) is 18.5 Å². The van der Waals surface area contributed by atoms with Crippen molar-refractivity contribution in [2.75, 3.05) is 0 Å². The minimum absolute atomic E-state index is 0.0384. The van der Waals surface area contributed by atoms with Gasteiger partial charge in [-0.1, -0.05) is 0 Å². The molecule has 1 aromatic heterocycles. The van der Waals surface area contributed by atoms with Crippen molar-refractivity contribution in [3.8, 4) is 5.75 Å². The minimum atomic E-state index is -5.09. The van der Waals surface area contributed by atoms with Crippen molar-refractivity contribution in [3.63, 3.8) is 0 Å². The van der Waals surface area contributed by atoms with Gasteiger partial charge in [0.15, 0.2) is 17.9 Å². The number of halogens is 4. The van der Waals surface area contributed by atoms with E-state index in [2.05, 4.69) is 9.72 Å². The Morgan fingerprint density at radius 2 is 2.12 bits per heavy atom. The first-order valence-electron chi connectivity index (χ1n) is 3.97. The lowest BCUT2D eigenvalue weighted by Crippen LogP contribution is -2.20. The Labute approximate surface area is 87.0 Å². The maximum Gasteiger partial charge on any atom is 0.573 e. The number of carbonyl (C=O) groups excluding carboxylic acids is 1. The number of pyridine rings is 1. The number of aromatic nitrogens is 1. The number of alkyl halides is 3. The zero-order valence-electron chi connectivity index (χ0n) is 7.71. The molecule has 0 aliphatic rings. The summed E-state index contributed by atoms with van der Waals surface area (Å²) >= 11 is 0. The third-order valence-electron chi connectivity index (χ3n) is 1.55. The van der Waals surface area contributed by atoms with Crippen LogP contribution in [-0.4, -0.2) is 17.6 Å². The monoisotopic (exact) mass is 238 g/mol. The molecule has 0 fully saturated rings. The molecular formula is C8H6F4N2O2. The number of carbonyl (C=O) groups is 1. The molecule has 8 heteroatoms. The van der Waals surface area contributed by atoms with E-state index in [1.54, 1.807) is 0 Å². The second-order valence-corrected chi connectivity index (χ2v) is 2.68. The molecule has 0 aliphatic carbocycles. The van der Waals surface area contributed by atoms with Gasteiger partial charge in [-0.05, 0) is 0 Å². The molecule has 0 spiro atoms. The average Bonchev–Trinajstić information content (AvgIpc) is 2.19. The van der Waals surface area contributed by atoms with Crippen molar-refractivity contribution in [1.29, 1.82) is 0 Å². The summed E-state index contributed by atoms with van der Waals surface area (Å²) in [4.78, 5) is 13.8. The quantitative estimate of drug-likeness (QED) is 0.638. The van der Waals surface area contributed by atoms with Gasteiger partial charge in [0.05, 0.1) is 5.69 Å². The lowest BCUT2D eigenvalue weighted by molar-refractivity contribution is -0.275. The highest BCUT2D eigenvalue weighted by Crippen LogP contribution is 2.27. The molecule has 0 saturated carbocycles. The van der Waals surface area contributed by atoms with E-state index in [4.69, 9.17) is 5.73 Å². The Balaban J connectivity index is 3.22. The molecule has 1 aromatic rings. The van der Waals surface area contributed by atoms with Gasteiger partial charge in [0.25, 0.3) is 0 Å². The van der Waals surface area contributed by atoms with Crippen LogP contribution >= 0.6 is 0 Å². The van der Waals surface area contributed by atoms with Crippen LogP contribution < -0.4 is 10.5 Å². The van der Waals surface area contributed by atoms with Crippen LogP contribution in [0.2, 0.25) is 0 Å². The van der Waals surface area contributed by atoms with Crippen molar-refractivity contribution in [3.05, 3.63) is 23.3 Å². The average molecular weight is 238 g/mol. The van der Waals surface area contributed by atoms with Crippen LogP contribution in [0, 0.1) is 5.82 Å². The van der Waals surface area contributed by atoms with Crippen LogP contribution in [0.15, 0.2) is 6.07 Å². The smallest absolute Gasteiger partial charge is 0.400 e. The summed E-state index contributed by atoms with van der Waals surface area (Å²) < 4.78 is 52.1. The molecule has 0 bridgehead atoms. The highest BCUT2D eigenvalue weighted by Gasteiger charge is 2.34. The predicted octanol–water partition coefficient (Wildman–Crippen LogP) is 1.39. The van der Waals surface area contributed by atoms with E-state index in [1.807, 2.05) is 0 Å². The SMILES string of the molecule is NCc1cc(F)c(OC(F)(F)F)c(C=O)n1. The maximum absolute atomic E-state index is 13.1. The molecule has 2 N–H and O–H groups in total. The fraction of sp³-hybridized carbons (Fsp3) is 0.250. The summed E-state index contributed by atoms with van der Waals surface area (Å²) in [6, 6.07) is 0.675. The topological polar surface area (TPSA) is 65.2 Å². The fourth-order valence-corrected chi connectivity index (χ4v) is 0.973. The normalized spacial score (nSPS) is 11.3. The van der Waals surface area contributed by atoms with Crippen LogP contribution in [0.5, 0.6) is 5.75 Å². The third kappa shape index (κ3) is 2.89. The number of ether oxygens (including phenoxy) is 1. The van der Waals surface area contributed by atoms with Crippen LogP contribution in [0.3, 0.4) is 0 Å². The van der Waals surface area contributed by atoms with E-state index >= 15 is 0 Å². The molecule has 0 atom stereocenters. The molecule has 88 valence electrons. The molecule has 1 rings (SSSR count). The summed E-state index contributed by atoms with van der Waals surface area (Å²) in [6.45, 7) is -0.204. The van der Waals surface area contributed by atoms with E-state index in [0.29, 0.717) is 6.07 Å². The van der Waals surface area contributed by atoms with Gasteiger partial charge in [-0.15, -0.1) is 13.2 Å². The van der Waals surface area contributed by atoms with Crippen molar-refractivity contribution >= 4 is 6.29 Å². The van der Waals surface area contributed by atoms with Crippen molar-refractivity contribution in [2.24, 2.45) is 5.73 Å². The standard InChI is InChI=1S/C8H6F4N2O2/c9-5-1-4(2-13)14-6(3-15)7(5)16-8(10,11)12/h1,3H,2,13H2. The third-order valence-corrected chi connectivity index (χ3v) is 1.55. The predicted molar refractivity (Wildman–Crippen MR) is 44.2 cm³/mol. The van der Waals surface area contributed by atoms with Crippen LogP contribution in [0.4, 0.5) is 17.6 Å². The van der Waals surface area contributed by atoms with Gasteiger partial charge in [-0.2, -0.15) is 0 Å². The van der Waals surface area contributed by atoms with E-state index in [9.17, 15) is 22.4 Å². The Morgan fingerprint density at radius 3 is 2.56 bits per heavy atom. The number of nitrogens with zero attached hydrogens (tertiary/aromatic N) is 1. The fourth-order valence-electron chi connectivity index (χ4n) is 0.973. The van der Waals surface area contributed by atoms with Crippen molar-refractivity contribution in [2.45, 2.75) is 12.9 Å². The molecule has 1 heterocycles. The van der Waals surface area contributed by atoms with Gasteiger partial charge >= 0.3 is 6.36 Å². The van der Waals surface area contributed by atoms with Gasteiger partial charge in [-0.25, -0.2) is 9.37 Å². The second-order valence-electron chi connectivity index (χ2n) is 2.68. The first kappa shape index (κ1) is 12.4. The summed E-state index contributed by atoms with van der Waals surface area (Å²) in [5, 5.41) is 0. The highest BCUT2D eigenvalue weighted by atomic mass is 19.4. The zero-order valence-corrected chi connectivity index (χ0v) is 7.71. The number of rotatable bonds is 3. The summed E-state index contributed by atoms with van der Waals surface area (Å²) in [7, 11) is 0. The van der Waals surface area contributed by atoms with E-state index < -0.39 is 23.6 Å². The molecule has 0 aromatic carbocycles. The molecule has 0 unspecified atom stereocenters. The zero-order chi connectivity index (χ0) is 12.3. The lowest BCUT2D eigenvalue weighted by atomic mass is 10.2. The molecule has 0 saturated heterocycles. The van der Waals surface area contributed by atoms with Gasteiger partial charge < -0.3 is 10.5 Å². The van der Waals surface area contributed by atoms with Crippen LogP contribution in [-0.2, 0) is 6.54 Å². The summed E-state index contributed by atoms with van der Waals surface area (Å²) in [6.07, 6.45) is -5.13. The van der Waals surface area contributed by atoms with Gasteiger partial charge in [0, 0.05) is 12.6 Å². The lowest BCUT2D eigenvalue weighted by Gasteiger charge is -2.11. The van der Waals surface area contributed by atoms with E-state index in [1.165, 1.54) is 0 Å². The molecular weight excluding hydrogens is 232 g/mol. The number of aldehydes is 1. The van der Waals surface area contributed by atoms with Gasteiger partial charge in [0.2, 0.25) is 0 Å². The molecule has 4 nitrogen and oxygen atoms in total. The largest absolute Gasteiger partial charge is 0.573 e. The Bertz CT molecular complexity index is 406. The summed E-state index contributed by atoms with van der Waals surface area (Å²) in [5.74, 6) is -2.59. The maximum atomic E-state index is 13.1. The van der Waals surface area contributed by atoms with Gasteiger partial charge in [0.1, 0.15) is 5.69 Å². The number of nitrogens with two attached hydrogens (primary N) is 1. The Hall–Kier alpha value is -1.70. The van der Waals surface area contributed by atoms with Crippen molar-refractivity contribution in [1.82, 2.24) is 4.98 Å². The Morgan fingerprint density at radius 1 is 1.50 bits per heavy atom. The summed E-state index contributed by atoms with van der Waals surface area (Å²) in [5.41, 5.74) is 4.28. The number of hydrogen-bond acceptors (Lipinski definition) is 4. The minimum Gasteiger partial charge on any atom is -0.400 e. The van der Waals surface area contributed by atoms with Crippen LogP contribution in [0.1, 0.15) is 16.2 Å². The highest BCUT2D eigenvalue weighted by molar-refractivity contribution is 5.76. The number of hydrogen-bond donors (Lipinski definition) is 1. The molecule has 0 aliphatic heterocycles. The first-order valence-corrected chi connectivity index (χ1v) is 3.97. The second kappa shape index (κ2) is 4.44. The first-order chi connectivity index (χ1) is 7.37. The molecule has 0 amide bonds. The van der Waals surface area contributed by atoms with Gasteiger partial charge in [-0.3, -0.25) is 4.79 Å². The molecule has 16 heavy (non-hydrogen) atoms. The Kier molecular flexibility index (Phi) is 3.43.